The smallest absolute Gasteiger partial charge is 0.118 e. The van der Waals surface area contributed by atoms with Gasteiger partial charge in [0.2, 0.25) is 0 Å². The third-order valence-electron chi connectivity index (χ3n) is 1.83. The number of rotatable bonds is 3. The van der Waals surface area contributed by atoms with Crippen LogP contribution >= 0.6 is 0 Å². The molecule has 0 unspecified atom stereocenters. The second kappa shape index (κ2) is 4.67. The molecule has 0 amide bonds. The van der Waals surface area contributed by atoms with Crippen LogP contribution in [0.25, 0.3) is 0 Å². The Morgan fingerprint density at radius 2 is 1.92 bits per heavy atom. The summed E-state index contributed by atoms with van der Waals surface area (Å²) >= 11 is 0. The van der Waals surface area contributed by atoms with Crippen molar-refractivity contribution in [2.75, 3.05) is 7.11 Å². The number of hydrogen-bond acceptors (Lipinski definition) is 2. The van der Waals surface area contributed by atoms with Crippen molar-refractivity contribution in [3.05, 3.63) is 42.0 Å². The first-order valence-electron chi connectivity index (χ1n) is 4.22. The number of allylic oxidation sites excluding steroid dienone is 1. The fourth-order valence-corrected chi connectivity index (χ4v) is 1.09. The predicted molar refractivity (Wildman–Crippen MR) is 52.8 cm³/mol. The van der Waals surface area contributed by atoms with Crippen LogP contribution < -0.4 is 4.74 Å². The van der Waals surface area contributed by atoms with E-state index in [4.69, 9.17) is 4.74 Å². The summed E-state index contributed by atoms with van der Waals surface area (Å²) < 4.78 is 5.01. The lowest BCUT2D eigenvalue weighted by atomic mass is 10.1. The number of methoxy groups -OCH3 is 1. The van der Waals surface area contributed by atoms with Crippen LogP contribution in [0.2, 0.25) is 0 Å². The number of hydrogen-bond donors (Lipinski definition) is 1. The van der Waals surface area contributed by atoms with Gasteiger partial charge in [0.05, 0.1) is 13.2 Å². The van der Waals surface area contributed by atoms with Gasteiger partial charge in [-0.3, -0.25) is 0 Å². The van der Waals surface area contributed by atoms with E-state index in [1.807, 2.05) is 37.3 Å². The van der Waals surface area contributed by atoms with Gasteiger partial charge in [0, 0.05) is 0 Å². The molecule has 13 heavy (non-hydrogen) atoms. The van der Waals surface area contributed by atoms with Crippen LogP contribution in [0.3, 0.4) is 0 Å². The summed E-state index contributed by atoms with van der Waals surface area (Å²) in [6.07, 6.45) is 3.05. The minimum absolute atomic E-state index is 0.518. The zero-order valence-corrected chi connectivity index (χ0v) is 7.90. The van der Waals surface area contributed by atoms with Crippen molar-refractivity contribution in [1.29, 1.82) is 0 Å². The van der Waals surface area contributed by atoms with E-state index in [1.54, 1.807) is 13.2 Å². The van der Waals surface area contributed by atoms with Crippen LogP contribution in [-0.4, -0.2) is 12.2 Å². The predicted octanol–water partition coefficient (Wildman–Crippen LogP) is 2.30. The average molecular weight is 178 g/mol. The van der Waals surface area contributed by atoms with Crippen LogP contribution in [0, 0.1) is 0 Å². The summed E-state index contributed by atoms with van der Waals surface area (Å²) in [5.74, 6) is 0.802. The first-order valence-corrected chi connectivity index (χ1v) is 4.22. The fraction of sp³-hybridized carbons (Fsp3) is 0.273. The second-order valence-electron chi connectivity index (χ2n) is 2.74. The van der Waals surface area contributed by atoms with Gasteiger partial charge in [0.25, 0.3) is 0 Å². The van der Waals surface area contributed by atoms with Crippen molar-refractivity contribution in [3.63, 3.8) is 0 Å². The molecule has 1 atom stereocenters. The van der Waals surface area contributed by atoms with E-state index in [1.165, 1.54) is 0 Å². The van der Waals surface area contributed by atoms with Crippen LogP contribution in [0.4, 0.5) is 0 Å². The summed E-state index contributed by atoms with van der Waals surface area (Å²) in [4.78, 5) is 0. The van der Waals surface area contributed by atoms with Crippen LogP contribution in [0.1, 0.15) is 18.6 Å². The fourth-order valence-electron chi connectivity index (χ4n) is 1.09. The quantitative estimate of drug-likeness (QED) is 0.720. The first kappa shape index (κ1) is 9.81. The maximum absolute atomic E-state index is 9.56. The van der Waals surface area contributed by atoms with Gasteiger partial charge < -0.3 is 9.84 Å². The molecule has 1 aromatic carbocycles. The largest absolute Gasteiger partial charge is 0.497 e. The molecule has 0 spiro atoms. The molecule has 0 saturated carbocycles. The van der Waals surface area contributed by atoms with Gasteiger partial charge in [-0.1, -0.05) is 24.3 Å². The molecule has 70 valence electrons. The van der Waals surface area contributed by atoms with Crippen molar-refractivity contribution in [3.8, 4) is 5.75 Å². The lowest BCUT2D eigenvalue weighted by Crippen LogP contribution is -1.92. The molecular weight excluding hydrogens is 164 g/mol. The van der Waals surface area contributed by atoms with Crippen molar-refractivity contribution >= 4 is 0 Å². The lowest BCUT2D eigenvalue weighted by Gasteiger charge is -2.06. The minimum Gasteiger partial charge on any atom is -0.497 e. The average Bonchev–Trinajstić information content (AvgIpc) is 2.18. The Hall–Kier alpha value is -1.28. The third kappa shape index (κ3) is 2.60. The second-order valence-corrected chi connectivity index (χ2v) is 2.74. The van der Waals surface area contributed by atoms with Crippen LogP contribution in [0.15, 0.2) is 36.4 Å². The van der Waals surface area contributed by atoms with Gasteiger partial charge in [-0.25, -0.2) is 0 Å². The highest BCUT2D eigenvalue weighted by molar-refractivity contribution is 5.29. The first-order chi connectivity index (χ1) is 6.27. The number of aliphatic hydroxyl groups is 1. The molecule has 0 bridgehead atoms. The molecular formula is C11H14O2. The lowest BCUT2D eigenvalue weighted by molar-refractivity contribution is 0.228. The van der Waals surface area contributed by atoms with Crippen LogP contribution in [-0.2, 0) is 0 Å². The number of ether oxygens (including phenoxy) is 1. The van der Waals surface area contributed by atoms with E-state index in [2.05, 4.69) is 0 Å². The molecule has 1 rings (SSSR count). The molecule has 0 radical (unpaired) electrons. The minimum atomic E-state index is -0.518. The third-order valence-corrected chi connectivity index (χ3v) is 1.83. The van der Waals surface area contributed by atoms with Gasteiger partial charge in [-0.2, -0.15) is 0 Å². The molecule has 0 fully saturated rings. The van der Waals surface area contributed by atoms with Crippen molar-refractivity contribution in [2.45, 2.75) is 13.0 Å². The Bertz CT molecular complexity index is 275. The van der Waals surface area contributed by atoms with Gasteiger partial charge in [0.1, 0.15) is 5.75 Å². The molecule has 0 aromatic heterocycles. The van der Waals surface area contributed by atoms with E-state index in [-0.39, 0.29) is 0 Å². The summed E-state index contributed by atoms with van der Waals surface area (Å²) in [6.45, 7) is 1.88. The van der Waals surface area contributed by atoms with Gasteiger partial charge in [-0.15, -0.1) is 0 Å². The van der Waals surface area contributed by atoms with Gasteiger partial charge in [0.15, 0.2) is 0 Å². The summed E-state index contributed by atoms with van der Waals surface area (Å²) in [7, 11) is 1.62. The normalized spacial score (nSPS) is 13.2. The van der Waals surface area contributed by atoms with Gasteiger partial charge in [-0.05, 0) is 24.6 Å². The maximum atomic E-state index is 9.56. The molecule has 0 aliphatic rings. The molecule has 0 heterocycles. The molecule has 2 heteroatoms. The van der Waals surface area contributed by atoms with E-state index in [0.717, 1.165) is 11.3 Å². The summed E-state index contributed by atoms with van der Waals surface area (Å²) in [5, 5.41) is 9.56. The Kier molecular flexibility index (Phi) is 3.53. The van der Waals surface area contributed by atoms with E-state index < -0.39 is 6.10 Å². The molecule has 1 N–H and O–H groups in total. The summed E-state index contributed by atoms with van der Waals surface area (Å²) in [5.41, 5.74) is 0.874. The SMILES string of the molecule is C/C=C/[C@H](O)c1ccc(OC)cc1. The Morgan fingerprint density at radius 3 is 2.38 bits per heavy atom. The molecule has 1 aromatic rings. The molecule has 0 aliphatic carbocycles. The van der Waals surface area contributed by atoms with Crippen molar-refractivity contribution < 1.29 is 9.84 Å². The Labute approximate surface area is 78.5 Å². The van der Waals surface area contributed by atoms with Gasteiger partial charge >= 0.3 is 0 Å². The topological polar surface area (TPSA) is 29.5 Å². The highest BCUT2D eigenvalue weighted by Gasteiger charge is 2.01. The highest BCUT2D eigenvalue weighted by Crippen LogP contribution is 2.18. The molecule has 0 aliphatic heterocycles. The summed E-state index contributed by atoms with van der Waals surface area (Å²) in [6, 6.07) is 7.37. The Balaban J connectivity index is 2.79. The van der Waals surface area contributed by atoms with Crippen molar-refractivity contribution in [1.82, 2.24) is 0 Å². The monoisotopic (exact) mass is 178 g/mol. The zero-order valence-electron chi connectivity index (χ0n) is 7.90. The maximum Gasteiger partial charge on any atom is 0.118 e. The number of benzene rings is 1. The Morgan fingerprint density at radius 1 is 1.31 bits per heavy atom. The van der Waals surface area contributed by atoms with Crippen molar-refractivity contribution in [2.24, 2.45) is 0 Å². The number of aliphatic hydroxyl groups excluding tert-OH is 1. The highest BCUT2D eigenvalue weighted by atomic mass is 16.5. The van der Waals surface area contributed by atoms with E-state index in [9.17, 15) is 5.11 Å². The zero-order chi connectivity index (χ0) is 9.68. The molecule has 0 saturated heterocycles. The van der Waals surface area contributed by atoms with Crippen LogP contribution in [0.5, 0.6) is 5.75 Å². The van der Waals surface area contributed by atoms with E-state index >= 15 is 0 Å². The molecule has 2 nitrogen and oxygen atoms in total. The van der Waals surface area contributed by atoms with E-state index in [0.29, 0.717) is 0 Å². The standard InChI is InChI=1S/C11H14O2/c1-3-4-11(12)9-5-7-10(13-2)8-6-9/h3-8,11-12H,1-2H3/b4-3+/t11-/m0/s1.